The Morgan fingerprint density at radius 3 is 2.59 bits per heavy atom. The van der Waals surface area contributed by atoms with Crippen LogP contribution in [0.1, 0.15) is 58.6 Å². The van der Waals surface area contributed by atoms with Crippen LogP contribution in [0.25, 0.3) is 0 Å². The van der Waals surface area contributed by atoms with E-state index in [4.69, 9.17) is 35.3 Å². The van der Waals surface area contributed by atoms with Gasteiger partial charge in [0, 0.05) is 40.0 Å². The van der Waals surface area contributed by atoms with E-state index in [1.54, 1.807) is 51.1 Å². The summed E-state index contributed by atoms with van der Waals surface area (Å²) in [6.07, 6.45) is -1.44. The zero-order chi connectivity index (χ0) is 38.0. The summed E-state index contributed by atoms with van der Waals surface area (Å²) in [5.41, 5.74) is -2.06. The van der Waals surface area contributed by atoms with E-state index in [0.717, 1.165) is 0 Å². The molecule has 4 rings (SSSR count). The highest BCUT2D eigenvalue weighted by molar-refractivity contribution is 7.80. The Labute approximate surface area is 308 Å². The number of hydrogen-bond acceptors (Lipinski definition) is 12. The molecule has 51 heavy (non-hydrogen) atoms. The number of esters is 1. The predicted octanol–water partition coefficient (Wildman–Crippen LogP) is 3.33. The number of rotatable bonds is 7. The molecule has 3 heterocycles. The van der Waals surface area contributed by atoms with E-state index in [1.807, 2.05) is 0 Å². The number of aliphatic hydroxyl groups excluding tert-OH is 1. The number of aliphatic hydroxyl groups is 2. The third-order valence-electron chi connectivity index (χ3n) is 10.1. The molecule has 0 saturated carbocycles. The molecule has 2 fully saturated rings. The minimum atomic E-state index is -1.89. The number of carbonyl (C=O) groups excluding carboxylic acids is 4. The normalized spacial score (nSPS) is 33.4. The minimum Gasteiger partial charge on any atom is -0.495 e. The monoisotopic (exact) mass is 753 g/mol. The number of thiol groups is 1. The summed E-state index contributed by atoms with van der Waals surface area (Å²) in [5.74, 6) is -1.66. The molecule has 3 aliphatic heterocycles. The van der Waals surface area contributed by atoms with Crippen molar-refractivity contribution in [1.82, 2.24) is 10.2 Å². The first kappa shape index (κ1) is 40.4. The molecule has 282 valence electrons. The molecule has 3 aliphatic rings. The van der Waals surface area contributed by atoms with Crippen LogP contribution in [-0.4, -0.2) is 115 Å². The number of methoxy groups -OCH3 is 2. The summed E-state index contributed by atoms with van der Waals surface area (Å²) in [7, 11) is 5.76. The molecule has 3 amide bonds. The summed E-state index contributed by atoms with van der Waals surface area (Å²) >= 11 is 10.8. The number of likely N-dealkylation sites (N-methyl/N-ethyl adjacent to an activating group) is 1. The quantitative estimate of drug-likeness (QED) is 0.183. The molecule has 9 atom stereocenters. The number of amides is 3. The molecule has 1 aromatic rings. The first-order valence-electron chi connectivity index (χ1n) is 16.6. The molecular weight excluding hydrogens is 706 g/mol. The molecule has 0 spiro atoms. The van der Waals surface area contributed by atoms with Crippen LogP contribution in [0.5, 0.6) is 5.75 Å². The largest absolute Gasteiger partial charge is 0.495 e. The maximum absolute atomic E-state index is 14.1. The molecule has 1 aromatic carbocycles. The van der Waals surface area contributed by atoms with Gasteiger partial charge in [-0.3, -0.25) is 14.9 Å². The number of carbonyl (C=O) groups is 4. The van der Waals surface area contributed by atoms with Crippen LogP contribution in [0.2, 0.25) is 5.02 Å². The number of nitrogens with one attached hydrogen (secondary N) is 1. The van der Waals surface area contributed by atoms with Gasteiger partial charge in [0.15, 0.2) is 5.72 Å². The van der Waals surface area contributed by atoms with E-state index in [1.165, 1.54) is 45.0 Å². The number of nitrogens with zero attached hydrogens (tertiary/aromatic N) is 2. The van der Waals surface area contributed by atoms with Crippen molar-refractivity contribution in [3.8, 4) is 5.75 Å². The Kier molecular flexibility index (Phi) is 12.8. The van der Waals surface area contributed by atoms with E-state index < -0.39 is 71.8 Å². The lowest BCUT2D eigenvalue weighted by Gasteiger charge is -2.42. The fourth-order valence-corrected chi connectivity index (χ4v) is 6.98. The van der Waals surface area contributed by atoms with E-state index >= 15 is 0 Å². The summed E-state index contributed by atoms with van der Waals surface area (Å²) in [4.78, 5) is 55.5. The van der Waals surface area contributed by atoms with Crippen LogP contribution in [0.3, 0.4) is 0 Å². The molecule has 3 N–H and O–H groups in total. The number of allylic oxidation sites excluding steroid dienone is 2. The zero-order valence-corrected chi connectivity index (χ0v) is 31.7. The van der Waals surface area contributed by atoms with Crippen LogP contribution in [-0.2, 0) is 33.3 Å². The lowest BCUT2D eigenvalue weighted by Crippen LogP contribution is -2.63. The lowest BCUT2D eigenvalue weighted by atomic mass is 9.83. The van der Waals surface area contributed by atoms with Gasteiger partial charge in [0.25, 0.3) is 0 Å². The van der Waals surface area contributed by atoms with Crippen LogP contribution < -0.4 is 15.0 Å². The first-order valence-corrected chi connectivity index (χ1v) is 17.6. The second-order valence-electron chi connectivity index (χ2n) is 13.4. The standard InChI is InChI=1S/C35H48ClN3O11S/c1-18-10-9-11-25(47-8)35(45)17-24(48-33(44)37-35)19(2)31-34(4,50-31)26(49-32(43)20(3)38(5)27(40)12-13-51)16-28(41)39(6)22-14-21(30(18)42)15-23(46-7)29(22)36/h9-11,14-15,19-20,24-26,30-31,42,45,51H,12-13,16-17H2,1-8H3,(H,37,44)/b11-9-,18-10-/t19-,20?,24+,25-,26?,30-,31+,34+,35+/m1/s1. The van der Waals surface area contributed by atoms with E-state index in [9.17, 15) is 29.4 Å². The SMILES string of the molecule is COc1cc2cc(c1Cl)N(C)C(=O)CC(OC(=O)C(C)N(C)C(=O)CCS)[C@]1(C)O[C@H]1[C@H](C)[C@@H]1C[C@@](O)(NC(=O)O1)[C@H](OC)/C=C\C=C(\C)[C@H]2O. The molecule has 14 nitrogen and oxygen atoms in total. The topological polar surface area (TPSA) is 177 Å². The second kappa shape index (κ2) is 16.1. The second-order valence-corrected chi connectivity index (χ2v) is 14.3. The number of benzene rings is 1. The van der Waals surface area contributed by atoms with Crippen molar-refractivity contribution in [2.75, 3.05) is 39.0 Å². The summed E-state index contributed by atoms with van der Waals surface area (Å²) in [6.45, 7) is 6.65. The maximum Gasteiger partial charge on any atom is 0.409 e. The molecule has 2 saturated heterocycles. The third-order valence-corrected chi connectivity index (χ3v) is 10.7. The average molecular weight is 754 g/mol. The van der Waals surface area contributed by atoms with Gasteiger partial charge in [-0.2, -0.15) is 12.6 Å². The fourth-order valence-electron chi connectivity index (χ4n) is 6.47. The van der Waals surface area contributed by atoms with Gasteiger partial charge >= 0.3 is 12.1 Å². The molecule has 2 unspecified atom stereocenters. The van der Waals surface area contributed by atoms with Gasteiger partial charge in [0.1, 0.15) is 46.8 Å². The Morgan fingerprint density at radius 2 is 1.96 bits per heavy atom. The van der Waals surface area contributed by atoms with E-state index in [2.05, 4.69) is 17.9 Å². The van der Waals surface area contributed by atoms with Crippen molar-refractivity contribution in [3.63, 3.8) is 0 Å². The number of ether oxygens (including phenoxy) is 5. The van der Waals surface area contributed by atoms with Gasteiger partial charge in [-0.25, -0.2) is 9.59 Å². The Bertz CT molecular complexity index is 1580. The van der Waals surface area contributed by atoms with Gasteiger partial charge in [0.05, 0.1) is 25.3 Å². The highest BCUT2D eigenvalue weighted by atomic mass is 35.5. The molecule has 0 radical (unpaired) electrons. The van der Waals surface area contributed by atoms with Crippen LogP contribution in [0, 0.1) is 5.92 Å². The molecule has 0 aliphatic carbocycles. The van der Waals surface area contributed by atoms with Crippen LogP contribution >= 0.6 is 24.2 Å². The molecule has 4 bridgehead atoms. The highest BCUT2D eigenvalue weighted by Gasteiger charge is 2.64. The van der Waals surface area contributed by atoms with Crippen molar-refractivity contribution < 1.29 is 53.1 Å². The van der Waals surface area contributed by atoms with Crippen molar-refractivity contribution in [2.24, 2.45) is 5.92 Å². The molecular formula is C35H48ClN3O11S. The van der Waals surface area contributed by atoms with Crippen molar-refractivity contribution in [1.29, 1.82) is 0 Å². The summed E-state index contributed by atoms with van der Waals surface area (Å²) in [5, 5.41) is 25.6. The highest BCUT2D eigenvalue weighted by Crippen LogP contribution is 2.49. The Morgan fingerprint density at radius 1 is 1.27 bits per heavy atom. The number of halogens is 1. The number of epoxide rings is 1. The van der Waals surface area contributed by atoms with Gasteiger partial charge in [0.2, 0.25) is 11.8 Å². The number of anilines is 1. The summed E-state index contributed by atoms with van der Waals surface area (Å²) < 4.78 is 28.9. The lowest BCUT2D eigenvalue weighted by molar-refractivity contribution is -0.162. The number of fused-ring (bicyclic) bond motifs is 5. The average Bonchev–Trinajstić information content (AvgIpc) is 3.79. The van der Waals surface area contributed by atoms with E-state index in [-0.39, 0.29) is 41.6 Å². The van der Waals surface area contributed by atoms with Crippen LogP contribution in [0.15, 0.2) is 35.9 Å². The Balaban J connectivity index is 1.81. The number of alkyl carbamates (subject to hydrolysis) is 1. The first-order chi connectivity index (χ1) is 23.9. The maximum atomic E-state index is 14.1. The van der Waals surface area contributed by atoms with Crippen molar-refractivity contribution >= 4 is 53.8 Å². The summed E-state index contributed by atoms with van der Waals surface area (Å²) in [6, 6.07) is 2.11. The van der Waals surface area contributed by atoms with E-state index in [0.29, 0.717) is 16.9 Å². The molecule has 16 heteroatoms. The Hall–Kier alpha value is -3.34. The van der Waals surface area contributed by atoms with Crippen molar-refractivity contribution in [2.45, 2.75) is 94.8 Å². The van der Waals surface area contributed by atoms with Crippen molar-refractivity contribution in [3.05, 3.63) is 46.5 Å². The van der Waals surface area contributed by atoms with Gasteiger partial charge in [-0.15, -0.1) is 0 Å². The van der Waals surface area contributed by atoms with Crippen LogP contribution in [0.4, 0.5) is 10.5 Å². The van der Waals surface area contributed by atoms with Gasteiger partial charge in [-0.1, -0.05) is 36.8 Å². The van der Waals surface area contributed by atoms with Gasteiger partial charge < -0.3 is 43.7 Å². The third kappa shape index (κ3) is 8.50. The fraction of sp³-hybridized carbons (Fsp3) is 0.600. The molecule has 0 aromatic heterocycles. The smallest absolute Gasteiger partial charge is 0.409 e. The zero-order valence-electron chi connectivity index (χ0n) is 30.0. The number of hydrogen-bond donors (Lipinski definition) is 4. The van der Waals surface area contributed by atoms with Gasteiger partial charge in [-0.05, 0) is 49.8 Å². The minimum absolute atomic E-state index is 0.102. The predicted molar refractivity (Wildman–Crippen MR) is 191 cm³/mol.